The van der Waals surface area contributed by atoms with Crippen molar-refractivity contribution in [2.45, 2.75) is 0 Å². The second kappa shape index (κ2) is 4.97. The number of rotatable bonds is 4. The number of nitrogen functional groups attached to an aromatic ring is 1. The molecule has 1 aromatic carbocycles. The average Bonchev–Trinajstić information content (AvgIpc) is 2.25. The second-order valence-corrected chi connectivity index (χ2v) is 2.96. The van der Waals surface area contributed by atoms with Gasteiger partial charge in [0.1, 0.15) is 6.61 Å². The normalized spacial score (nSPS) is 9.50. The summed E-state index contributed by atoms with van der Waals surface area (Å²) in [7, 11) is 0. The topological polar surface area (TPSA) is 89.6 Å². The monoisotopic (exact) mass is 221 g/mol. The van der Waals surface area contributed by atoms with E-state index < -0.39 is 11.9 Å². The lowest BCUT2D eigenvalue weighted by atomic mass is 10.1. The number of carbonyl (C=O) groups is 2. The molecule has 0 unspecified atom stereocenters. The summed E-state index contributed by atoms with van der Waals surface area (Å²) in [5.41, 5.74) is 5.38. The Morgan fingerprint density at radius 2 is 2.06 bits per heavy atom. The SMILES string of the molecule is C=CCOC(=O)c1cccc(C(=O)O)c1N. The van der Waals surface area contributed by atoms with Crippen LogP contribution in [0.25, 0.3) is 0 Å². The molecule has 0 fully saturated rings. The van der Waals surface area contributed by atoms with Crippen molar-refractivity contribution in [1.29, 1.82) is 0 Å². The van der Waals surface area contributed by atoms with E-state index >= 15 is 0 Å². The summed E-state index contributed by atoms with van der Waals surface area (Å²) >= 11 is 0. The maximum Gasteiger partial charge on any atom is 0.340 e. The summed E-state index contributed by atoms with van der Waals surface area (Å²) in [5.74, 6) is -1.85. The van der Waals surface area contributed by atoms with E-state index in [1.54, 1.807) is 0 Å². The van der Waals surface area contributed by atoms with Crippen molar-refractivity contribution in [3.05, 3.63) is 42.0 Å². The van der Waals surface area contributed by atoms with Crippen LogP contribution in [-0.2, 0) is 4.74 Å². The molecule has 0 saturated carbocycles. The molecule has 0 amide bonds. The zero-order valence-electron chi connectivity index (χ0n) is 8.47. The highest BCUT2D eigenvalue weighted by Crippen LogP contribution is 2.18. The predicted octanol–water partition coefficient (Wildman–Crippen LogP) is 1.31. The van der Waals surface area contributed by atoms with Gasteiger partial charge in [-0.2, -0.15) is 0 Å². The Bertz CT molecular complexity index is 440. The Balaban J connectivity index is 3.05. The molecule has 0 aliphatic carbocycles. The third kappa shape index (κ3) is 2.38. The Hall–Kier alpha value is -2.30. The number of ether oxygens (including phenoxy) is 1. The molecule has 0 spiro atoms. The number of para-hydroxylation sites is 1. The number of anilines is 1. The first kappa shape index (κ1) is 11.8. The van der Waals surface area contributed by atoms with Gasteiger partial charge in [0.15, 0.2) is 0 Å². The number of aromatic carboxylic acids is 1. The van der Waals surface area contributed by atoms with Crippen LogP contribution in [0.15, 0.2) is 30.9 Å². The van der Waals surface area contributed by atoms with Crippen molar-refractivity contribution >= 4 is 17.6 Å². The number of benzene rings is 1. The second-order valence-electron chi connectivity index (χ2n) is 2.96. The number of hydrogen-bond acceptors (Lipinski definition) is 4. The maximum absolute atomic E-state index is 11.5. The fourth-order valence-corrected chi connectivity index (χ4v) is 1.14. The molecule has 5 nitrogen and oxygen atoms in total. The third-order valence-electron chi connectivity index (χ3n) is 1.89. The van der Waals surface area contributed by atoms with Crippen molar-refractivity contribution in [3.63, 3.8) is 0 Å². The van der Waals surface area contributed by atoms with E-state index in [9.17, 15) is 9.59 Å². The van der Waals surface area contributed by atoms with Gasteiger partial charge in [0.05, 0.1) is 16.8 Å². The molecular weight excluding hydrogens is 210 g/mol. The van der Waals surface area contributed by atoms with E-state index in [1.807, 2.05) is 0 Å². The molecule has 0 heterocycles. The summed E-state index contributed by atoms with van der Waals surface area (Å²) in [6.07, 6.45) is 1.41. The fourth-order valence-electron chi connectivity index (χ4n) is 1.14. The van der Waals surface area contributed by atoms with E-state index in [0.717, 1.165) is 0 Å². The highest BCUT2D eigenvalue weighted by Gasteiger charge is 2.16. The van der Waals surface area contributed by atoms with Crippen molar-refractivity contribution in [1.82, 2.24) is 0 Å². The van der Waals surface area contributed by atoms with Gasteiger partial charge in [0.2, 0.25) is 0 Å². The van der Waals surface area contributed by atoms with Crippen LogP contribution < -0.4 is 5.73 Å². The number of carbonyl (C=O) groups excluding carboxylic acids is 1. The Kier molecular flexibility index (Phi) is 3.66. The summed E-state index contributed by atoms with van der Waals surface area (Å²) in [5, 5.41) is 8.80. The minimum Gasteiger partial charge on any atom is -0.478 e. The molecule has 0 radical (unpaired) electrons. The smallest absolute Gasteiger partial charge is 0.340 e. The van der Waals surface area contributed by atoms with Crippen LogP contribution in [0, 0.1) is 0 Å². The maximum atomic E-state index is 11.5. The van der Waals surface area contributed by atoms with Gasteiger partial charge >= 0.3 is 11.9 Å². The van der Waals surface area contributed by atoms with Crippen LogP contribution in [-0.4, -0.2) is 23.7 Å². The largest absolute Gasteiger partial charge is 0.478 e. The summed E-state index contributed by atoms with van der Waals surface area (Å²) < 4.78 is 4.76. The van der Waals surface area contributed by atoms with Gasteiger partial charge in [-0.1, -0.05) is 18.7 Å². The summed E-state index contributed by atoms with van der Waals surface area (Å²) in [4.78, 5) is 22.2. The van der Waals surface area contributed by atoms with Gasteiger partial charge < -0.3 is 15.6 Å². The molecule has 1 aromatic rings. The Morgan fingerprint density at radius 1 is 1.44 bits per heavy atom. The molecule has 0 aliphatic heterocycles. The number of nitrogens with two attached hydrogens (primary N) is 1. The highest BCUT2D eigenvalue weighted by atomic mass is 16.5. The zero-order valence-corrected chi connectivity index (χ0v) is 8.47. The van der Waals surface area contributed by atoms with Gasteiger partial charge in [0, 0.05) is 0 Å². The lowest BCUT2D eigenvalue weighted by Crippen LogP contribution is -2.12. The first-order valence-electron chi connectivity index (χ1n) is 4.47. The van der Waals surface area contributed by atoms with Crippen LogP contribution in [0.4, 0.5) is 5.69 Å². The van der Waals surface area contributed by atoms with Gasteiger partial charge in [-0.15, -0.1) is 0 Å². The molecule has 5 heteroatoms. The fraction of sp³-hybridized carbons (Fsp3) is 0.0909. The van der Waals surface area contributed by atoms with Crippen molar-refractivity contribution in [2.24, 2.45) is 0 Å². The lowest BCUT2D eigenvalue weighted by Gasteiger charge is -2.07. The Morgan fingerprint density at radius 3 is 2.62 bits per heavy atom. The molecule has 3 N–H and O–H groups in total. The van der Waals surface area contributed by atoms with Crippen LogP contribution in [0.1, 0.15) is 20.7 Å². The average molecular weight is 221 g/mol. The van der Waals surface area contributed by atoms with Gasteiger partial charge in [-0.25, -0.2) is 9.59 Å². The molecule has 0 saturated heterocycles. The van der Waals surface area contributed by atoms with Crippen LogP contribution >= 0.6 is 0 Å². The van der Waals surface area contributed by atoms with Crippen LogP contribution in [0.5, 0.6) is 0 Å². The summed E-state index contributed by atoms with van der Waals surface area (Å²) in [6, 6.07) is 4.17. The van der Waals surface area contributed by atoms with Gasteiger partial charge in [0.25, 0.3) is 0 Å². The molecule has 0 atom stereocenters. The predicted molar refractivity (Wildman–Crippen MR) is 58.3 cm³/mol. The molecule has 1 rings (SSSR count). The van der Waals surface area contributed by atoms with Crippen molar-refractivity contribution in [3.8, 4) is 0 Å². The van der Waals surface area contributed by atoms with Gasteiger partial charge in [-0.05, 0) is 12.1 Å². The van der Waals surface area contributed by atoms with Crippen LogP contribution in [0.2, 0.25) is 0 Å². The molecule has 16 heavy (non-hydrogen) atoms. The number of carboxylic acid groups (broad SMARTS) is 1. The summed E-state index contributed by atoms with van der Waals surface area (Å²) in [6.45, 7) is 3.44. The van der Waals surface area contributed by atoms with E-state index in [-0.39, 0.29) is 23.4 Å². The van der Waals surface area contributed by atoms with E-state index in [0.29, 0.717) is 0 Å². The van der Waals surface area contributed by atoms with Crippen LogP contribution in [0.3, 0.4) is 0 Å². The van der Waals surface area contributed by atoms with Crippen molar-refractivity contribution in [2.75, 3.05) is 12.3 Å². The van der Waals surface area contributed by atoms with Crippen molar-refractivity contribution < 1.29 is 19.4 Å². The molecule has 0 bridgehead atoms. The minimum absolute atomic E-state index is 0.0433. The van der Waals surface area contributed by atoms with E-state index in [4.69, 9.17) is 15.6 Å². The number of carboxylic acids is 1. The van der Waals surface area contributed by atoms with E-state index in [1.165, 1.54) is 24.3 Å². The molecule has 0 aromatic heterocycles. The molecular formula is C11H11NO4. The lowest BCUT2D eigenvalue weighted by molar-refractivity contribution is 0.0551. The first-order chi connectivity index (χ1) is 7.57. The van der Waals surface area contributed by atoms with Gasteiger partial charge in [-0.3, -0.25) is 0 Å². The minimum atomic E-state index is -1.18. The highest BCUT2D eigenvalue weighted by molar-refractivity contribution is 6.02. The molecule has 0 aliphatic rings. The third-order valence-corrected chi connectivity index (χ3v) is 1.89. The zero-order chi connectivity index (χ0) is 12.1. The quantitative estimate of drug-likeness (QED) is 0.454. The molecule has 84 valence electrons. The van der Waals surface area contributed by atoms with E-state index in [2.05, 4.69) is 6.58 Å². The standard InChI is InChI=1S/C11H11NO4/c1-2-6-16-11(15)8-5-3-4-7(9(8)12)10(13)14/h2-5H,1,6,12H2,(H,13,14). The Labute approximate surface area is 92.1 Å². The number of hydrogen-bond donors (Lipinski definition) is 2. The first-order valence-corrected chi connectivity index (χ1v) is 4.47. The number of esters is 1.